The van der Waals surface area contributed by atoms with Crippen molar-refractivity contribution < 1.29 is 14.3 Å². The molecule has 3 N–H and O–H groups in total. The summed E-state index contributed by atoms with van der Waals surface area (Å²) in [5.74, 6) is 0.353. The van der Waals surface area contributed by atoms with Crippen LogP contribution in [-0.4, -0.2) is 59.5 Å². The van der Waals surface area contributed by atoms with Gasteiger partial charge in [0.15, 0.2) is 0 Å². The number of carbonyl (C=O) groups is 2. The predicted molar refractivity (Wildman–Crippen MR) is 132 cm³/mol. The molecule has 5 rings (SSSR count). The molecule has 2 aromatic carbocycles. The van der Waals surface area contributed by atoms with E-state index in [-0.39, 0.29) is 17.4 Å². The van der Waals surface area contributed by atoms with Crippen LogP contribution in [0.15, 0.2) is 60.9 Å². The molecule has 182 valence electrons. The van der Waals surface area contributed by atoms with Gasteiger partial charge in [0.1, 0.15) is 11.8 Å². The number of aromatic nitrogens is 2. The number of benzene rings is 2. The summed E-state index contributed by atoms with van der Waals surface area (Å²) in [6, 6.07) is 16.1. The highest BCUT2D eigenvalue weighted by Crippen LogP contribution is 2.36. The second-order valence-electron chi connectivity index (χ2n) is 9.26. The van der Waals surface area contributed by atoms with Crippen molar-refractivity contribution in [2.45, 2.75) is 37.3 Å². The zero-order valence-corrected chi connectivity index (χ0v) is 19.9. The normalized spacial score (nSPS) is 17.5. The molecular formula is C27H31N5O3. The molecule has 3 aromatic rings. The van der Waals surface area contributed by atoms with E-state index in [1.165, 1.54) is 5.69 Å². The molecule has 0 bridgehead atoms. The van der Waals surface area contributed by atoms with Gasteiger partial charge in [0.25, 0.3) is 5.91 Å². The van der Waals surface area contributed by atoms with Gasteiger partial charge in [0.2, 0.25) is 5.91 Å². The van der Waals surface area contributed by atoms with E-state index in [0.717, 1.165) is 37.1 Å². The summed E-state index contributed by atoms with van der Waals surface area (Å²) in [6.45, 7) is 2.13. The maximum atomic E-state index is 13.7. The largest absolute Gasteiger partial charge is 0.497 e. The number of ether oxygens (including phenoxy) is 1. The van der Waals surface area contributed by atoms with Gasteiger partial charge in [-0.1, -0.05) is 30.3 Å². The molecule has 8 heteroatoms. The Morgan fingerprint density at radius 3 is 2.57 bits per heavy atom. The molecule has 0 aliphatic carbocycles. The third-order valence-electron chi connectivity index (χ3n) is 7.18. The number of methoxy groups -OCH3 is 1. The molecule has 1 atom stereocenters. The van der Waals surface area contributed by atoms with E-state index in [1.54, 1.807) is 37.7 Å². The summed E-state index contributed by atoms with van der Waals surface area (Å²) < 4.78 is 5.19. The molecule has 1 spiro atoms. The number of carbonyl (C=O) groups excluding carboxylic acids is 2. The minimum atomic E-state index is -0.652. The fourth-order valence-corrected chi connectivity index (χ4v) is 5.21. The van der Waals surface area contributed by atoms with Crippen LogP contribution in [0, 0.1) is 0 Å². The lowest BCUT2D eigenvalue weighted by Crippen LogP contribution is -2.58. The Kier molecular flexibility index (Phi) is 6.55. The van der Waals surface area contributed by atoms with Crippen molar-refractivity contribution in [3.05, 3.63) is 83.4 Å². The second kappa shape index (κ2) is 9.92. The molecule has 35 heavy (non-hydrogen) atoms. The molecule has 1 aromatic heterocycles. The van der Waals surface area contributed by atoms with Gasteiger partial charge >= 0.3 is 0 Å². The number of imidazole rings is 1. The summed E-state index contributed by atoms with van der Waals surface area (Å²) in [7, 11) is 1.59. The fraction of sp³-hybridized carbons (Fsp3) is 0.370. The van der Waals surface area contributed by atoms with E-state index in [9.17, 15) is 9.59 Å². The standard InChI is InChI=1S/C27H31N5O3/c1-35-21-9-7-20(8-10-21)25(33)31-23(17-19-5-3-2-4-6-19)26(34)32-15-12-27(13-16-32)24-22(11-14-30-27)28-18-29-24/h2-10,18,23,30H,11-17H2,1H3,(H,28,29)(H,31,33). The first-order valence-electron chi connectivity index (χ1n) is 12.1. The molecule has 1 unspecified atom stereocenters. The van der Waals surface area contributed by atoms with Gasteiger partial charge in [-0.25, -0.2) is 4.98 Å². The third-order valence-corrected chi connectivity index (χ3v) is 7.18. The third kappa shape index (κ3) is 4.79. The molecule has 3 heterocycles. The second-order valence-corrected chi connectivity index (χ2v) is 9.26. The summed E-state index contributed by atoms with van der Waals surface area (Å²) in [6.07, 6.45) is 4.73. The summed E-state index contributed by atoms with van der Waals surface area (Å²) in [4.78, 5) is 36.5. The number of nitrogens with one attached hydrogen (secondary N) is 3. The van der Waals surface area contributed by atoms with Crippen LogP contribution in [-0.2, 0) is 23.2 Å². The Morgan fingerprint density at radius 2 is 1.86 bits per heavy atom. The molecule has 8 nitrogen and oxygen atoms in total. The van der Waals surface area contributed by atoms with E-state index in [1.807, 2.05) is 35.2 Å². The molecule has 0 radical (unpaired) electrons. The van der Waals surface area contributed by atoms with Gasteiger partial charge in [-0.15, -0.1) is 0 Å². The lowest BCUT2D eigenvalue weighted by Gasteiger charge is -2.44. The number of nitrogens with zero attached hydrogens (tertiary/aromatic N) is 2. The monoisotopic (exact) mass is 473 g/mol. The smallest absolute Gasteiger partial charge is 0.251 e. The Labute approximate surface area is 205 Å². The van der Waals surface area contributed by atoms with Crippen molar-refractivity contribution in [1.82, 2.24) is 25.5 Å². The molecule has 1 fully saturated rings. The maximum absolute atomic E-state index is 13.7. The van der Waals surface area contributed by atoms with Crippen LogP contribution in [0.2, 0.25) is 0 Å². The highest BCUT2D eigenvalue weighted by molar-refractivity contribution is 5.97. The zero-order chi connectivity index (χ0) is 24.3. The first-order valence-corrected chi connectivity index (χ1v) is 12.1. The Balaban J connectivity index is 1.31. The Morgan fingerprint density at radius 1 is 1.11 bits per heavy atom. The van der Waals surface area contributed by atoms with Crippen LogP contribution in [0.5, 0.6) is 5.75 Å². The van der Waals surface area contributed by atoms with Gasteiger partial charge in [0, 0.05) is 43.7 Å². The lowest BCUT2D eigenvalue weighted by molar-refractivity contribution is -0.135. The number of aromatic amines is 1. The minimum Gasteiger partial charge on any atom is -0.497 e. The first kappa shape index (κ1) is 23.1. The van der Waals surface area contributed by atoms with Crippen molar-refractivity contribution in [3.8, 4) is 5.75 Å². The highest BCUT2D eigenvalue weighted by atomic mass is 16.5. The summed E-state index contributed by atoms with van der Waals surface area (Å²) in [5.41, 5.74) is 3.59. The number of piperidine rings is 1. The van der Waals surface area contributed by atoms with Crippen LogP contribution in [0.25, 0.3) is 0 Å². The summed E-state index contributed by atoms with van der Waals surface area (Å²) in [5, 5.41) is 6.66. The molecular weight excluding hydrogens is 442 g/mol. The number of rotatable bonds is 6. The van der Waals surface area contributed by atoms with Gasteiger partial charge in [-0.3, -0.25) is 9.59 Å². The van der Waals surface area contributed by atoms with Crippen LogP contribution in [0.4, 0.5) is 0 Å². The Bertz CT molecular complexity index is 1170. The minimum absolute atomic E-state index is 0.0522. The number of fused-ring (bicyclic) bond motifs is 2. The zero-order valence-electron chi connectivity index (χ0n) is 19.9. The van der Waals surface area contributed by atoms with E-state index in [2.05, 4.69) is 20.6 Å². The fourth-order valence-electron chi connectivity index (χ4n) is 5.21. The highest BCUT2D eigenvalue weighted by Gasteiger charge is 2.42. The number of amides is 2. The number of H-pyrrole nitrogens is 1. The predicted octanol–water partition coefficient (Wildman–Crippen LogP) is 2.42. The van der Waals surface area contributed by atoms with E-state index < -0.39 is 6.04 Å². The van der Waals surface area contributed by atoms with Crippen molar-refractivity contribution in [1.29, 1.82) is 0 Å². The quantitative estimate of drug-likeness (QED) is 0.511. The van der Waals surface area contributed by atoms with Crippen LogP contribution in [0.3, 0.4) is 0 Å². The number of hydrogen-bond donors (Lipinski definition) is 3. The molecule has 0 saturated carbocycles. The average Bonchev–Trinajstić information content (AvgIpc) is 3.40. The van der Waals surface area contributed by atoms with Gasteiger partial charge in [0.05, 0.1) is 24.7 Å². The number of hydrogen-bond acceptors (Lipinski definition) is 5. The van der Waals surface area contributed by atoms with Crippen molar-refractivity contribution in [3.63, 3.8) is 0 Å². The van der Waals surface area contributed by atoms with E-state index in [4.69, 9.17) is 4.74 Å². The van der Waals surface area contributed by atoms with Gasteiger partial charge in [-0.2, -0.15) is 0 Å². The maximum Gasteiger partial charge on any atom is 0.251 e. The van der Waals surface area contributed by atoms with Crippen LogP contribution in [0.1, 0.15) is 40.2 Å². The van der Waals surface area contributed by atoms with Crippen LogP contribution < -0.4 is 15.4 Å². The van der Waals surface area contributed by atoms with Crippen molar-refractivity contribution >= 4 is 11.8 Å². The molecule has 2 aliphatic heterocycles. The van der Waals surface area contributed by atoms with E-state index >= 15 is 0 Å². The SMILES string of the molecule is COc1ccc(C(=O)NC(Cc2ccccc2)C(=O)N2CCC3(CC2)NCCc2[nH]cnc23)cc1. The van der Waals surface area contributed by atoms with Crippen LogP contribution >= 0.6 is 0 Å². The Hall–Kier alpha value is -3.65. The van der Waals surface area contributed by atoms with Crippen molar-refractivity contribution in [2.75, 3.05) is 26.7 Å². The van der Waals surface area contributed by atoms with Crippen molar-refractivity contribution in [2.24, 2.45) is 0 Å². The lowest BCUT2D eigenvalue weighted by atomic mass is 9.80. The molecule has 1 saturated heterocycles. The molecule has 2 aliphatic rings. The van der Waals surface area contributed by atoms with E-state index in [0.29, 0.717) is 30.8 Å². The molecule has 2 amide bonds. The number of likely N-dealkylation sites (tertiary alicyclic amines) is 1. The average molecular weight is 474 g/mol. The first-order chi connectivity index (χ1) is 17.1. The van der Waals surface area contributed by atoms with Gasteiger partial charge in [-0.05, 0) is 42.7 Å². The summed E-state index contributed by atoms with van der Waals surface area (Å²) >= 11 is 0. The van der Waals surface area contributed by atoms with Gasteiger partial charge < -0.3 is 25.3 Å². The topological polar surface area (TPSA) is 99.4 Å².